The SMILES string of the molecule is COc1cc(SC)ccc1C(=O)n1c2c(c3ccccc31)CCCC2. The maximum Gasteiger partial charge on any atom is 0.266 e. The topological polar surface area (TPSA) is 31.2 Å². The lowest BCUT2D eigenvalue weighted by Gasteiger charge is -2.16. The Balaban J connectivity index is 1.92. The van der Waals surface area contributed by atoms with Crippen LogP contribution in [0.5, 0.6) is 5.75 Å². The molecule has 0 radical (unpaired) electrons. The number of fused-ring (bicyclic) bond motifs is 3. The van der Waals surface area contributed by atoms with E-state index < -0.39 is 0 Å². The van der Waals surface area contributed by atoms with Gasteiger partial charge < -0.3 is 4.74 Å². The van der Waals surface area contributed by atoms with Crippen LogP contribution in [0.2, 0.25) is 0 Å². The number of ether oxygens (including phenoxy) is 1. The Morgan fingerprint density at radius 1 is 1.12 bits per heavy atom. The number of carbonyl (C=O) groups excluding carboxylic acids is 1. The van der Waals surface area contributed by atoms with Gasteiger partial charge in [0.2, 0.25) is 0 Å². The third-order valence-corrected chi connectivity index (χ3v) is 5.75. The second-order valence-electron chi connectivity index (χ2n) is 6.36. The molecule has 0 bridgehead atoms. The van der Waals surface area contributed by atoms with Gasteiger partial charge in [0.25, 0.3) is 5.91 Å². The highest BCUT2D eigenvalue weighted by atomic mass is 32.2. The van der Waals surface area contributed by atoms with Gasteiger partial charge >= 0.3 is 0 Å². The number of aryl methyl sites for hydroxylation is 1. The lowest BCUT2D eigenvalue weighted by atomic mass is 9.95. The maximum atomic E-state index is 13.4. The Bertz CT molecular complexity index is 958. The van der Waals surface area contributed by atoms with Crippen molar-refractivity contribution in [1.82, 2.24) is 4.57 Å². The molecule has 0 aliphatic heterocycles. The van der Waals surface area contributed by atoms with Crippen molar-refractivity contribution >= 4 is 28.6 Å². The third kappa shape index (κ3) is 2.65. The summed E-state index contributed by atoms with van der Waals surface area (Å²) in [6.45, 7) is 0. The van der Waals surface area contributed by atoms with Crippen LogP contribution in [0.3, 0.4) is 0 Å². The molecule has 0 saturated carbocycles. The molecule has 0 spiro atoms. The van der Waals surface area contributed by atoms with E-state index in [0.717, 1.165) is 29.7 Å². The molecule has 1 aliphatic carbocycles. The highest BCUT2D eigenvalue weighted by molar-refractivity contribution is 7.98. The average molecular weight is 351 g/mol. The van der Waals surface area contributed by atoms with Gasteiger partial charge in [-0.15, -0.1) is 11.8 Å². The third-order valence-electron chi connectivity index (χ3n) is 5.02. The van der Waals surface area contributed by atoms with Crippen molar-refractivity contribution in [1.29, 1.82) is 0 Å². The molecule has 0 fully saturated rings. The van der Waals surface area contributed by atoms with E-state index in [1.54, 1.807) is 18.9 Å². The molecule has 25 heavy (non-hydrogen) atoms. The zero-order valence-corrected chi connectivity index (χ0v) is 15.4. The van der Waals surface area contributed by atoms with Crippen molar-refractivity contribution in [3.8, 4) is 5.75 Å². The van der Waals surface area contributed by atoms with E-state index in [9.17, 15) is 4.79 Å². The summed E-state index contributed by atoms with van der Waals surface area (Å²) in [5, 5.41) is 1.21. The van der Waals surface area contributed by atoms with E-state index in [2.05, 4.69) is 12.1 Å². The highest BCUT2D eigenvalue weighted by Crippen LogP contribution is 2.34. The maximum absolute atomic E-state index is 13.4. The number of para-hydroxylation sites is 1. The Morgan fingerprint density at radius 2 is 1.92 bits per heavy atom. The van der Waals surface area contributed by atoms with Crippen molar-refractivity contribution in [2.24, 2.45) is 0 Å². The predicted molar refractivity (Wildman–Crippen MR) is 103 cm³/mol. The van der Waals surface area contributed by atoms with Crippen molar-refractivity contribution in [2.75, 3.05) is 13.4 Å². The van der Waals surface area contributed by atoms with E-state index >= 15 is 0 Å². The smallest absolute Gasteiger partial charge is 0.266 e. The van der Waals surface area contributed by atoms with E-state index in [1.165, 1.54) is 23.1 Å². The minimum Gasteiger partial charge on any atom is -0.496 e. The second-order valence-corrected chi connectivity index (χ2v) is 7.24. The largest absolute Gasteiger partial charge is 0.496 e. The molecule has 0 N–H and O–H groups in total. The zero-order valence-electron chi connectivity index (χ0n) is 14.5. The number of methoxy groups -OCH3 is 1. The number of hydrogen-bond acceptors (Lipinski definition) is 3. The Labute approximate surface area is 152 Å². The molecular weight excluding hydrogens is 330 g/mol. The zero-order chi connectivity index (χ0) is 17.4. The van der Waals surface area contributed by atoms with Crippen LogP contribution in [-0.4, -0.2) is 23.8 Å². The molecule has 1 heterocycles. The van der Waals surface area contributed by atoms with Crippen LogP contribution < -0.4 is 4.74 Å². The molecule has 4 heteroatoms. The molecule has 3 nitrogen and oxygen atoms in total. The van der Waals surface area contributed by atoms with Gasteiger partial charge in [0.1, 0.15) is 5.75 Å². The van der Waals surface area contributed by atoms with Crippen molar-refractivity contribution in [3.05, 3.63) is 59.3 Å². The summed E-state index contributed by atoms with van der Waals surface area (Å²) in [5.74, 6) is 0.642. The first-order chi connectivity index (χ1) is 12.2. The second kappa shape index (κ2) is 6.60. The van der Waals surface area contributed by atoms with Gasteiger partial charge in [-0.05, 0) is 61.8 Å². The molecule has 1 aliphatic rings. The van der Waals surface area contributed by atoms with Gasteiger partial charge in [-0.1, -0.05) is 18.2 Å². The minimum atomic E-state index is 0.00357. The molecule has 0 unspecified atom stereocenters. The molecule has 0 amide bonds. The number of benzene rings is 2. The molecule has 3 aromatic rings. The first kappa shape index (κ1) is 16.3. The average Bonchev–Trinajstić information content (AvgIpc) is 3.01. The molecule has 2 aromatic carbocycles. The van der Waals surface area contributed by atoms with Gasteiger partial charge in [-0.2, -0.15) is 0 Å². The summed E-state index contributed by atoms with van der Waals surface area (Å²) in [6, 6.07) is 14.1. The van der Waals surface area contributed by atoms with Gasteiger partial charge in [0.05, 0.1) is 18.2 Å². The van der Waals surface area contributed by atoms with Crippen LogP contribution in [0.4, 0.5) is 0 Å². The van der Waals surface area contributed by atoms with E-state index in [-0.39, 0.29) is 5.91 Å². The van der Waals surface area contributed by atoms with E-state index in [4.69, 9.17) is 4.74 Å². The summed E-state index contributed by atoms with van der Waals surface area (Å²) in [5.41, 5.74) is 4.15. The monoisotopic (exact) mass is 351 g/mol. The fourth-order valence-corrected chi connectivity index (χ4v) is 4.25. The predicted octanol–water partition coefficient (Wildman–Crippen LogP) is 4.94. The molecule has 0 atom stereocenters. The molecule has 0 saturated heterocycles. The van der Waals surface area contributed by atoms with E-state index in [0.29, 0.717) is 11.3 Å². The van der Waals surface area contributed by atoms with Gasteiger partial charge in [-0.25, -0.2) is 0 Å². The molecule has 1 aromatic heterocycles. The Hall–Kier alpha value is -2.20. The number of rotatable bonds is 3. The van der Waals surface area contributed by atoms with Crippen molar-refractivity contribution in [3.63, 3.8) is 0 Å². The summed E-state index contributed by atoms with van der Waals surface area (Å²) in [4.78, 5) is 14.5. The van der Waals surface area contributed by atoms with Crippen LogP contribution in [0.1, 0.15) is 34.5 Å². The first-order valence-corrected chi connectivity index (χ1v) is 9.85. The van der Waals surface area contributed by atoms with Crippen LogP contribution in [-0.2, 0) is 12.8 Å². The lowest BCUT2D eigenvalue weighted by molar-refractivity contribution is 0.0958. The van der Waals surface area contributed by atoms with Crippen LogP contribution in [0, 0.1) is 0 Å². The quantitative estimate of drug-likeness (QED) is 0.626. The summed E-state index contributed by atoms with van der Waals surface area (Å²) in [6.07, 6.45) is 6.37. The molecular formula is C21H21NO2S. The molecule has 128 valence electrons. The fourth-order valence-electron chi connectivity index (χ4n) is 3.82. The number of hydrogen-bond donors (Lipinski definition) is 0. The highest BCUT2D eigenvalue weighted by Gasteiger charge is 2.25. The summed E-state index contributed by atoms with van der Waals surface area (Å²) in [7, 11) is 1.62. The Kier molecular flexibility index (Phi) is 4.30. The normalized spacial score (nSPS) is 13.7. The van der Waals surface area contributed by atoms with Crippen LogP contribution in [0.25, 0.3) is 10.9 Å². The van der Waals surface area contributed by atoms with Gasteiger partial charge in [0.15, 0.2) is 0 Å². The van der Waals surface area contributed by atoms with Gasteiger partial charge in [0, 0.05) is 16.0 Å². The standard InChI is InChI=1S/C21H21NO2S/c1-24-20-13-14(25-2)11-12-17(20)21(23)22-18-9-5-3-7-15(18)16-8-4-6-10-19(16)22/h3,5,7,9,11-13H,4,6,8,10H2,1-2H3. The minimum absolute atomic E-state index is 0.00357. The van der Waals surface area contributed by atoms with Gasteiger partial charge in [-0.3, -0.25) is 9.36 Å². The molecule has 4 rings (SSSR count). The fraction of sp³-hybridized carbons (Fsp3) is 0.286. The Morgan fingerprint density at radius 3 is 2.72 bits per heavy atom. The number of thioether (sulfide) groups is 1. The number of nitrogens with zero attached hydrogens (tertiary/aromatic N) is 1. The summed E-state index contributed by atoms with van der Waals surface area (Å²) < 4.78 is 7.43. The lowest BCUT2D eigenvalue weighted by Crippen LogP contribution is -2.18. The number of carbonyl (C=O) groups is 1. The number of aromatic nitrogens is 1. The van der Waals surface area contributed by atoms with Crippen molar-refractivity contribution in [2.45, 2.75) is 30.6 Å². The van der Waals surface area contributed by atoms with Crippen LogP contribution in [0.15, 0.2) is 47.4 Å². The van der Waals surface area contributed by atoms with E-state index in [1.807, 2.05) is 41.2 Å². The van der Waals surface area contributed by atoms with Crippen molar-refractivity contribution < 1.29 is 9.53 Å². The first-order valence-electron chi connectivity index (χ1n) is 8.62. The summed E-state index contributed by atoms with van der Waals surface area (Å²) >= 11 is 1.64. The van der Waals surface area contributed by atoms with Crippen LogP contribution >= 0.6 is 11.8 Å².